The Morgan fingerprint density at radius 2 is 1.62 bits per heavy atom. The molecule has 9 heteroatoms. The van der Waals surface area contributed by atoms with Gasteiger partial charge in [0, 0.05) is 37.1 Å². The van der Waals surface area contributed by atoms with Crippen molar-refractivity contribution < 1.29 is 17.6 Å². The highest BCUT2D eigenvalue weighted by molar-refractivity contribution is 7.16. The van der Waals surface area contributed by atoms with Crippen LogP contribution in [0.25, 0.3) is 0 Å². The van der Waals surface area contributed by atoms with Gasteiger partial charge >= 0.3 is 0 Å². The first kappa shape index (κ1) is 19.5. The van der Waals surface area contributed by atoms with E-state index >= 15 is 0 Å². The molecule has 1 fully saturated rings. The molecule has 0 amide bonds. The molecule has 1 aliphatic heterocycles. The number of halogens is 6. The van der Waals surface area contributed by atoms with Gasteiger partial charge in [0.05, 0.1) is 15.9 Å². The highest BCUT2D eigenvalue weighted by Crippen LogP contribution is 2.38. The third-order valence-electron chi connectivity index (χ3n) is 3.80. The number of piperazine rings is 1. The van der Waals surface area contributed by atoms with Crippen molar-refractivity contribution in [1.82, 2.24) is 10.2 Å². The topological polar surface area (TPSA) is 15.3 Å². The van der Waals surface area contributed by atoms with Crippen molar-refractivity contribution in [1.29, 1.82) is 0 Å². The Bertz CT molecular complexity index is 693. The van der Waals surface area contributed by atoms with E-state index in [2.05, 4.69) is 5.32 Å². The molecule has 0 unspecified atom stereocenters. The zero-order valence-electron chi connectivity index (χ0n) is 12.3. The number of hydrogen-bond acceptors (Lipinski definition) is 3. The van der Waals surface area contributed by atoms with Crippen LogP contribution in [0.1, 0.15) is 16.5 Å². The average molecular weight is 401 g/mol. The summed E-state index contributed by atoms with van der Waals surface area (Å²) in [6.45, 7) is 2.24. The second-order valence-corrected chi connectivity index (χ2v) is 6.96. The van der Waals surface area contributed by atoms with Gasteiger partial charge in [0.1, 0.15) is 0 Å². The third kappa shape index (κ3) is 3.70. The normalized spacial score (nSPS) is 16.7. The number of thiophene rings is 1. The van der Waals surface area contributed by atoms with Gasteiger partial charge in [-0.05, 0) is 12.1 Å². The van der Waals surface area contributed by atoms with Crippen molar-refractivity contribution in [2.24, 2.45) is 0 Å². The quantitative estimate of drug-likeness (QED) is 0.607. The maximum absolute atomic E-state index is 14.3. The van der Waals surface area contributed by atoms with Gasteiger partial charge in [-0.25, -0.2) is 17.6 Å². The lowest BCUT2D eigenvalue weighted by Gasteiger charge is -2.35. The van der Waals surface area contributed by atoms with Gasteiger partial charge in [0.25, 0.3) is 0 Å². The van der Waals surface area contributed by atoms with Gasteiger partial charge in [0.15, 0.2) is 23.3 Å². The number of nitrogens with one attached hydrogen (secondary N) is 1. The van der Waals surface area contributed by atoms with E-state index < -0.39 is 34.9 Å². The molecule has 1 aromatic heterocycles. The molecule has 0 aliphatic carbocycles. The van der Waals surface area contributed by atoms with Crippen LogP contribution in [0.4, 0.5) is 17.6 Å². The molecular formula is C15H14Cl2F4N2S. The maximum Gasteiger partial charge on any atom is 0.167 e. The van der Waals surface area contributed by atoms with Gasteiger partial charge in [0.2, 0.25) is 0 Å². The van der Waals surface area contributed by atoms with Crippen LogP contribution < -0.4 is 5.32 Å². The first-order valence-electron chi connectivity index (χ1n) is 7.02. The number of rotatable bonds is 3. The van der Waals surface area contributed by atoms with Crippen molar-refractivity contribution >= 4 is 35.3 Å². The Balaban J connectivity index is 0.00000208. The summed E-state index contributed by atoms with van der Waals surface area (Å²) in [5.74, 6) is -5.53. The Morgan fingerprint density at radius 1 is 1.04 bits per heavy atom. The van der Waals surface area contributed by atoms with E-state index in [1.54, 1.807) is 17.0 Å². The molecule has 1 N–H and O–H groups in total. The zero-order valence-corrected chi connectivity index (χ0v) is 14.7. The number of hydrogen-bond donors (Lipinski definition) is 1. The first-order chi connectivity index (χ1) is 11.0. The Labute approximate surface area is 151 Å². The Morgan fingerprint density at radius 3 is 2.12 bits per heavy atom. The summed E-state index contributed by atoms with van der Waals surface area (Å²) in [7, 11) is 0. The molecule has 0 spiro atoms. The van der Waals surface area contributed by atoms with Crippen LogP contribution in [0.5, 0.6) is 0 Å². The van der Waals surface area contributed by atoms with Crippen LogP contribution in [0, 0.1) is 23.3 Å². The lowest BCUT2D eigenvalue weighted by Crippen LogP contribution is -2.45. The molecule has 3 rings (SSSR count). The molecular weight excluding hydrogens is 387 g/mol. The monoisotopic (exact) mass is 400 g/mol. The minimum atomic E-state index is -1.40. The summed E-state index contributed by atoms with van der Waals surface area (Å²) in [5, 5.41) is 3.13. The molecule has 1 atom stereocenters. The van der Waals surface area contributed by atoms with Gasteiger partial charge in [-0.15, -0.1) is 23.7 Å². The minimum Gasteiger partial charge on any atom is -0.314 e. The highest BCUT2D eigenvalue weighted by Gasteiger charge is 2.33. The van der Waals surface area contributed by atoms with Gasteiger partial charge in [-0.1, -0.05) is 11.6 Å². The summed E-state index contributed by atoms with van der Waals surface area (Å²) in [4.78, 5) is 2.33. The predicted octanol–water partition coefficient (Wildman–Crippen LogP) is 4.37. The van der Waals surface area contributed by atoms with E-state index in [-0.39, 0.29) is 18.5 Å². The van der Waals surface area contributed by atoms with Crippen LogP contribution in [-0.4, -0.2) is 31.1 Å². The Kier molecular flexibility index (Phi) is 6.50. The van der Waals surface area contributed by atoms with Crippen LogP contribution in [0.3, 0.4) is 0 Å². The average Bonchev–Trinajstić information content (AvgIpc) is 2.96. The van der Waals surface area contributed by atoms with E-state index in [0.29, 0.717) is 35.4 Å². The van der Waals surface area contributed by atoms with Crippen LogP contribution in [0.2, 0.25) is 4.34 Å². The molecule has 0 saturated carbocycles. The number of benzene rings is 1. The van der Waals surface area contributed by atoms with Gasteiger partial charge in [-0.2, -0.15) is 0 Å². The standard InChI is InChI=1S/C15H13ClF4N2S.ClH/c16-11-2-1-10(23-11)15(22-5-3-21-4-6-22)12-13(19)8(17)7-9(18)14(12)20;/h1-2,7,15,21H,3-6H2;1H/t15-;/m1./s1. The first-order valence-corrected chi connectivity index (χ1v) is 8.21. The summed E-state index contributed by atoms with van der Waals surface area (Å²) < 4.78 is 56.3. The van der Waals surface area contributed by atoms with Crippen LogP contribution >= 0.6 is 35.3 Å². The number of nitrogens with zero attached hydrogens (tertiary/aromatic N) is 1. The Hall–Kier alpha value is -0.860. The lowest BCUT2D eigenvalue weighted by molar-refractivity contribution is 0.192. The molecule has 1 aromatic carbocycles. The molecule has 132 valence electrons. The minimum absolute atomic E-state index is 0. The van der Waals surface area contributed by atoms with Gasteiger partial charge in [-0.3, -0.25) is 4.90 Å². The molecule has 24 heavy (non-hydrogen) atoms. The van der Waals surface area contributed by atoms with E-state index in [9.17, 15) is 17.6 Å². The molecule has 1 saturated heterocycles. The lowest BCUT2D eigenvalue weighted by atomic mass is 10.0. The maximum atomic E-state index is 14.3. The zero-order chi connectivity index (χ0) is 16.6. The van der Waals surface area contributed by atoms with Crippen molar-refractivity contribution in [3.63, 3.8) is 0 Å². The smallest absolute Gasteiger partial charge is 0.167 e. The van der Waals surface area contributed by atoms with Crippen molar-refractivity contribution in [3.05, 3.63) is 56.2 Å². The summed E-state index contributed by atoms with van der Waals surface area (Å²) in [6.07, 6.45) is 0. The van der Waals surface area contributed by atoms with Crippen LogP contribution in [-0.2, 0) is 0 Å². The molecule has 2 heterocycles. The molecule has 2 nitrogen and oxygen atoms in total. The van der Waals surface area contributed by atoms with Crippen molar-refractivity contribution in [3.8, 4) is 0 Å². The van der Waals surface area contributed by atoms with E-state index in [1.165, 1.54) is 0 Å². The molecule has 2 aromatic rings. The molecule has 1 aliphatic rings. The van der Waals surface area contributed by atoms with E-state index in [0.717, 1.165) is 11.3 Å². The molecule has 0 radical (unpaired) electrons. The third-order valence-corrected chi connectivity index (χ3v) is 5.08. The van der Waals surface area contributed by atoms with Crippen LogP contribution in [0.15, 0.2) is 18.2 Å². The summed E-state index contributed by atoms with van der Waals surface area (Å²) in [5.41, 5.74) is -0.608. The van der Waals surface area contributed by atoms with E-state index in [1.807, 2.05) is 0 Å². The fraction of sp³-hybridized carbons (Fsp3) is 0.333. The SMILES string of the molecule is Cl.Fc1cc(F)c(F)c([C@@H](c2ccc(Cl)s2)N2CCNCC2)c1F. The fourth-order valence-corrected chi connectivity index (χ4v) is 3.96. The van der Waals surface area contributed by atoms with Crippen molar-refractivity contribution in [2.75, 3.05) is 26.2 Å². The van der Waals surface area contributed by atoms with Gasteiger partial charge < -0.3 is 5.32 Å². The summed E-state index contributed by atoms with van der Waals surface area (Å²) >= 11 is 7.06. The second kappa shape index (κ2) is 8.01. The van der Waals surface area contributed by atoms with E-state index in [4.69, 9.17) is 11.6 Å². The summed E-state index contributed by atoms with van der Waals surface area (Å²) in [6, 6.07) is 2.54. The highest BCUT2D eigenvalue weighted by atomic mass is 35.5. The largest absolute Gasteiger partial charge is 0.314 e. The fourth-order valence-electron chi connectivity index (χ4n) is 2.75. The van der Waals surface area contributed by atoms with Crippen molar-refractivity contribution in [2.45, 2.75) is 6.04 Å². The molecule has 0 bridgehead atoms. The second-order valence-electron chi connectivity index (χ2n) is 5.21. The predicted molar refractivity (Wildman–Crippen MR) is 89.1 cm³/mol.